The van der Waals surface area contributed by atoms with Crippen LogP contribution in [0.1, 0.15) is 32.9 Å². The predicted octanol–water partition coefficient (Wildman–Crippen LogP) is 3.55. The average molecular weight is 435 g/mol. The lowest BCUT2D eigenvalue weighted by atomic mass is 10.1. The van der Waals surface area contributed by atoms with Crippen molar-refractivity contribution in [2.45, 2.75) is 27.0 Å². The zero-order chi connectivity index (χ0) is 22.5. The molecule has 0 aliphatic carbocycles. The molecule has 1 aliphatic heterocycles. The van der Waals surface area contributed by atoms with E-state index in [2.05, 4.69) is 45.5 Å². The number of piperazine rings is 1. The molecule has 168 valence electrons. The number of hydrogen-bond acceptors (Lipinski definition) is 6. The van der Waals surface area contributed by atoms with Crippen LogP contribution in [0.2, 0.25) is 0 Å². The van der Waals surface area contributed by atoms with Crippen LogP contribution in [0.4, 0.5) is 5.69 Å². The fourth-order valence-electron chi connectivity index (χ4n) is 3.86. The number of nitrogens with one attached hydrogen (secondary N) is 1. The third kappa shape index (κ3) is 5.11. The van der Waals surface area contributed by atoms with Crippen molar-refractivity contribution in [2.75, 3.05) is 38.1 Å². The van der Waals surface area contributed by atoms with Gasteiger partial charge >= 0.3 is 0 Å². The summed E-state index contributed by atoms with van der Waals surface area (Å²) in [6, 6.07) is 15.5. The lowest BCUT2D eigenvalue weighted by Gasteiger charge is -2.35. The molecule has 1 N–H and O–H groups in total. The molecule has 2 aromatic carbocycles. The molecule has 1 amide bonds. The number of anilines is 1. The Morgan fingerprint density at radius 3 is 2.47 bits per heavy atom. The topological polar surface area (TPSA) is 70.8 Å². The number of carbonyl (C=O) groups is 1. The standard InChI is InChI=1S/C25H30N4O3/c1-18-23(19(2)32-27-18)17-31-22-10-8-20(9-11-22)25(30)26-16-21-6-4-5-7-24(21)29-14-12-28(3)13-15-29/h4-11H,12-17H2,1-3H3,(H,26,30). The third-order valence-corrected chi connectivity index (χ3v) is 5.96. The molecule has 0 atom stereocenters. The zero-order valence-corrected chi connectivity index (χ0v) is 18.9. The Morgan fingerprint density at radius 1 is 1.06 bits per heavy atom. The van der Waals surface area contributed by atoms with Crippen molar-refractivity contribution in [3.8, 4) is 5.75 Å². The minimum absolute atomic E-state index is 0.101. The first kappa shape index (κ1) is 21.9. The van der Waals surface area contributed by atoms with Gasteiger partial charge in [-0.1, -0.05) is 23.4 Å². The van der Waals surface area contributed by atoms with Crippen LogP contribution in [0, 0.1) is 13.8 Å². The van der Waals surface area contributed by atoms with Crippen molar-refractivity contribution < 1.29 is 14.1 Å². The molecule has 0 radical (unpaired) electrons. The smallest absolute Gasteiger partial charge is 0.251 e. The summed E-state index contributed by atoms with van der Waals surface area (Å²) < 4.78 is 11.0. The Kier molecular flexibility index (Phi) is 6.75. The molecule has 7 nitrogen and oxygen atoms in total. The van der Waals surface area contributed by atoms with E-state index in [0.29, 0.717) is 24.5 Å². The van der Waals surface area contributed by atoms with Gasteiger partial charge in [-0.2, -0.15) is 0 Å². The van der Waals surface area contributed by atoms with Gasteiger partial charge in [0.1, 0.15) is 18.1 Å². The molecule has 32 heavy (non-hydrogen) atoms. The summed E-state index contributed by atoms with van der Waals surface area (Å²) in [4.78, 5) is 17.4. The second-order valence-corrected chi connectivity index (χ2v) is 8.22. The first-order valence-electron chi connectivity index (χ1n) is 11.0. The quantitative estimate of drug-likeness (QED) is 0.613. The van der Waals surface area contributed by atoms with Gasteiger partial charge in [0.25, 0.3) is 5.91 Å². The number of rotatable bonds is 7. The summed E-state index contributed by atoms with van der Waals surface area (Å²) in [5.41, 5.74) is 4.71. The van der Waals surface area contributed by atoms with E-state index in [1.807, 2.05) is 32.0 Å². The van der Waals surface area contributed by atoms with E-state index < -0.39 is 0 Å². The lowest BCUT2D eigenvalue weighted by molar-refractivity contribution is 0.0951. The number of ether oxygens (including phenoxy) is 1. The summed E-state index contributed by atoms with van der Waals surface area (Å²) in [5.74, 6) is 1.35. The average Bonchev–Trinajstić information content (AvgIpc) is 3.14. The Hall–Kier alpha value is -3.32. The molecule has 1 aromatic heterocycles. The first-order valence-corrected chi connectivity index (χ1v) is 11.0. The van der Waals surface area contributed by atoms with Crippen molar-refractivity contribution in [1.29, 1.82) is 0 Å². The van der Waals surface area contributed by atoms with Gasteiger partial charge in [0.15, 0.2) is 0 Å². The van der Waals surface area contributed by atoms with Gasteiger partial charge in [0.05, 0.1) is 11.3 Å². The van der Waals surface area contributed by atoms with Gasteiger partial charge in [-0.15, -0.1) is 0 Å². The van der Waals surface area contributed by atoms with Gasteiger partial charge in [-0.25, -0.2) is 0 Å². The maximum absolute atomic E-state index is 12.7. The molecule has 3 aromatic rings. The normalized spacial score (nSPS) is 14.4. The van der Waals surface area contributed by atoms with Crippen LogP contribution in [0.5, 0.6) is 5.75 Å². The summed E-state index contributed by atoms with van der Waals surface area (Å²) in [6.07, 6.45) is 0. The van der Waals surface area contributed by atoms with Crippen molar-refractivity contribution in [1.82, 2.24) is 15.4 Å². The second kappa shape index (κ2) is 9.87. The number of carbonyl (C=O) groups excluding carboxylic acids is 1. The number of likely N-dealkylation sites (N-methyl/N-ethyl adjacent to an activating group) is 1. The monoisotopic (exact) mass is 434 g/mol. The van der Waals surface area contributed by atoms with Crippen LogP contribution in [-0.2, 0) is 13.2 Å². The van der Waals surface area contributed by atoms with E-state index in [1.54, 1.807) is 12.1 Å². The Balaban J connectivity index is 1.34. The molecule has 1 aliphatic rings. The van der Waals surface area contributed by atoms with Crippen molar-refractivity contribution >= 4 is 11.6 Å². The van der Waals surface area contributed by atoms with Gasteiger partial charge in [-0.3, -0.25) is 4.79 Å². The molecule has 1 fully saturated rings. The fourth-order valence-corrected chi connectivity index (χ4v) is 3.86. The fraction of sp³-hybridized carbons (Fsp3) is 0.360. The number of para-hydroxylation sites is 1. The molecule has 0 saturated carbocycles. The summed E-state index contributed by atoms with van der Waals surface area (Å²) in [7, 11) is 2.15. The zero-order valence-electron chi connectivity index (χ0n) is 18.9. The van der Waals surface area contributed by atoms with Crippen molar-refractivity contribution in [3.63, 3.8) is 0 Å². The molecule has 1 saturated heterocycles. The van der Waals surface area contributed by atoms with Crippen LogP contribution in [0.3, 0.4) is 0 Å². The highest BCUT2D eigenvalue weighted by atomic mass is 16.5. The van der Waals surface area contributed by atoms with Gasteiger partial charge in [-0.05, 0) is 56.8 Å². The molecule has 0 unspecified atom stereocenters. The first-order chi connectivity index (χ1) is 15.5. The van der Waals surface area contributed by atoms with Crippen LogP contribution >= 0.6 is 0 Å². The number of aromatic nitrogens is 1. The molecular weight excluding hydrogens is 404 g/mol. The SMILES string of the molecule is Cc1noc(C)c1COc1ccc(C(=O)NCc2ccccc2N2CCN(C)CC2)cc1. The van der Waals surface area contributed by atoms with Gasteiger partial charge < -0.3 is 24.4 Å². The third-order valence-electron chi connectivity index (χ3n) is 5.96. The minimum atomic E-state index is -0.101. The maximum atomic E-state index is 12.7. The Bertz CT molecular complexity index is 1030. The summed E-state index contributed by atoms with van der Waals surface area (Å²) >= 11 is 0. The highest BCUT2D eigenvalue weighted by Crippen LogP contribution is 2.22. The van der Waals surface area contributed by atoms with Crippen LogP contribution in [0.15, 0.2) is 53.1 Å². The molecule has 2 heterocycles. The lowest BCUT2D eigenvalue weighted by Crippen LogP contribution is -2.45. The van der Waals surface area contributed by atoms with Crippen LogP contribution in [0.25, 0.3) is 0 Å². The molecule has 0 spiro atoms. The van der Waals surface area contributed by atoms with E-state index in [-0.39, 0.29) is 5.91 Å². The predicted molar refractivity (Wildman–Crippen MR) is 124 cm³/mol. The Morgan fingerprint density at radius 2 is 1.78 bits per heavy atom. The minimum Gasteiger partial charge on any atom is -0.489 e. The number of nitrogens with zero attached hydrogens (tertiary/aromatic N) is 3. The second-order valence-electron chi connectivity index (χ2n) is 8.22. The molecule has 7 heteroatoms. The van der Waals surface area contributed by atoms with Crippen LogP contribution < -0.4 is 15.0 Å². The van der Waals surface area contributed by atoms with Gasteiger partial charge in [0, 0.05) is 44.0 Å². The number of aryl methyl sites for hydroxylation is 2. The van der Waals surface area contributed by atoms with E-state index in [1.165, 1.54) is 5.69 Å². The molecule has 0 bridgehead atoms. The van der Waals surface area contributed by atoms with Gasteiger partial charge in [0.2, 0.25) is 0 Å². The molecule has 4 rings (SSSR count). The van der Waals surface area contributed by atoms with E-state index >= 15 is 0 Å². The highest BCUT2D eigenvalue weighted by molar-refractivity contribution is 5.94. The van der Waals surface area contributed by atoms with Crippen molar-refractivity contribution in [2.24, 2.45) is 0 Å². The van der Waals surface area contributed by atoms with E-state index in [4.69, 9.17) is 9.26 Å². The summed E-state index contributed by atoms with van der Waals surface area (Å²) in [5, 5.41) is 6.99. The summed E-state index contributed by atoms with van der Waals surface area (Å²) in [6.45, 7) is 8.73. The maximum Gasteiger partial charge on any atom is 0.251 e. The van der Waals surface area contributed by atoms with E-state index in [9.17, 15) is 4.79 Å². The number of amides is 1. The molecular formula is C25H30N4O3. The Labute approximate surface area is 188 Å². The highest BCUT2D eigenvalue weighted by Gasteiger charge is 2.17. The van der Waals surface area contributed by atoms with Crippen molar-refractivity contribution in [3.05, 3.63) is 76.7 Å². The number of hydrogen-bond donors (Lipinski definition) is 1. The van der Waals surface area contributed by atoms with E-state index in [0.717, 1.165) is 48.8 Å². The number of benzene rings is 2. The van der Waals surface area contributed by atoms with Crippen LogP contribution in [-0.4, -0.2) is 49.2 Å². The largest absolute Gasteiger partial charge is 0.489 e.